The SMILES string of the molecule is c1ccc(-n2c3cc(-n4c5ccccc5c5ccccc54)ccc3c3c4cccc5c4c4c(cccc4c32)c2c3ccc(-n4c6ccccc6c6ccccc64)cc3n(-c3ccccc3)c52)cc1. The molecule has 0 N–H and O–H groups in total. The largest absolute Gasteiger partial charge is 0.309 e. The van der Waals surface area contributed by atoms with Gasteiger partial charge in [0.2, 0.25) is 0 Å². The van der Waals surface area contributed by atoms with E-state index in [1.165, 1.54) is 120 Å². The molecule has 0 bridgehead atoms. The molecule has 16 aromatic rings. The van der Waals surface area contributed by atoms with E-state index in [1.807, 2.05) is 0 Å². The smallest absolute Gasteiger partial charge is 0.0626 e. The van der Waals surface area contributed by atoms with Gasteiger partial charge in [-0.3, -0.25) is 0 Å². The van der Waals surface area contributed by atoms with Crippen LogP contribution < -0.4 is 0 Å². The highest BCUT2D eigenvalue weighted by Crippen LogP contribution is 2.51. The second-order valence-electron chi connectivity index (χ2n) is 18.4. The van der Waals surface area contributed by atoms with Crippen molar-refractivity contribution in [3.05, 3.63) is 231 Å². The van der Waals surface area contributed by atoms with Crippen molar-refractivity contribution in [1.29, 1.82) is 0 Å². The van der Waals surface area contributed by atoms with Gasteiger partial charge in [-0.05, 0) is 83.6 Å². The Morgan fingerprint density at radius 2 is 0.500 bits per heavy atom. The molecule has 0 atom stereocenters. The van der Waals surface area contributed by atoms with E-state index >= 15 is 0 Å². The third kappa shape index (κ3) is 4.58. The summed E-state index contributed by atoms with van der Waals surface area (Å²) >= 11 is 0. The molecular weight excluding hydrogens is 825 g/mol. The average molecular weight is 863 g/mol. The molecular formula is C64H38N4. The number of aromatic nitrogens is 4. The number of rotatable bonds is 4. The number of benzene rings is 12. The zero-order valence-electron chi connectivity index (χ0n) is 36.7. The Kier molecular flexibility index (Phi) is 7.04. The lowest BCUT2D eigenvalue weighted by Gasteiger charge is -2.17. The first kappa shape index (κ1) is 36.1. The summed E-state index contributed by atoms with van der Waals surface area (Å²) in [6, 6.07) is 85.4. The van der Waals surface area contributed by atoms with Crippen molar-refractivity contribution in [2.24, 2.45) is 0 Å². The van der Waals surface area contributed by atoms with Crippen LogP contribution in [0.3, 0.4) is 0 Å². The molecule has 0 amide bonds. The van der Waals surface area contributed by atoms with Crippen molar-refractivity contribution < 1.29 is 0 Å². The minimum atomic E-state index is 1.14. The van der Waals surface area contributed by atoms with Gasteiger partial charge in [0, 0.05) is 87.4 Å². The van der Waals surface area contributed by atoms with Crippen LogP contribution in [0.5, 0.6) is 0 Å². The van der Waals surface area contributed by atoms with Gasteiger partial charge in [0.15, 0.2) is 0 Å². The van der Waals surface area contributed by atoms with Crippen LogP contribution in [0.25, 0.3) is 142 Å². The Morgan fingerprint density at radius 1 is 0.176 bits per heavy atom. The fourth-order valence-electron chi connectivity index (χ4n) is 12.4. The first-order valence-corrected chi connectivity index (χ1v) is 23.5. The first-order valence-electron chi connectivity index (χ1n) is 23.5. The lowest BCUT2D eigenvalue weighted by Crippen LogP contribution is -1.98. The maximum atomic E-state index is 2.54. The molecule has 0 radical (unpaired) electrons. The van der Waals surface area contributed by atoms with Crippen molar-refractivity contribution in [1.82, 2.24) is 18.3 Å². The minimum Gasteiger partial charge on any atom is -0.309 e. The molecule has 0 aliphatic carbocycles. The normalized spacial score (nSPS) is 12.4. The number of hydrogen-bond donors (Lipinski definition) is 0. The maximum Gasteiger partial charge on any atom is 0.0626 e. The third-order valence-corrected chi connectivity index (χ3v) is 15.0. The van der Waals surface area contributed by atoms with E-state index < -0.39 is 0 Å². The van der Waals surface area contributed by atoms with E-state index in [0.717, 1.165) is 22.7 Å². The summed E-state index contributed by atoms with van der Waals surface area (Å²) in [5.74, 6) is 0. The Balaban J connectivity index is 1.07. The Labute approximate surface area is 389 Å². The summed E-state index contributed by atoms with van der Waals surface area (Å²) in [4.78, 5) is 0. The van der Waals surface area contributed by atoms with E-state index in [0.29, 0.717) is 0 Å². The minimum absolute atomic E-state index is 1.14. The fraction of sp³-hybridized carbons (Fsp3) is 0. The molecule has 16 rings (SSSR count). The van der Waals surface area contributed by atoms with Gasteiger partial charge in [0.1, 0.15) is 0 Å². The zero-order valence-corrected chi connectivity index (χ0v) is 36.7. The van der Waals surface area contributed by atoms with Gasteiger partial charge in [-0.1, -0.05) is 158 Å². The lowest BCUT2D eigenvalue weighted by atomic mass is 9.88. The summed E-state index contributed by atoms with van der Waals surface area (Å²) < 4.78 is 9.95. The van der Waals surface area contributed by atoms with Crippen LogP contribution in [-0.2, 0) is 0 Å². The Bertz CT molecular complexity index is 4360. The van der Waals surface area contributed by atoms with E-state index in [4.69, 9.17) is 0 Å². The lowest BCUT2D eigenvalue weighted by molar-refractivity contribution is 1.16. The van der Waals surface area contributed by atoms with E-state index in [9.17, 15) is 0 Å². The molecule has 4 heterocycles. The predicted molar refractivity (Wildman–Crippen MR) is 288 cm³/mol. The van der Waals surface area contributed by atoms with Gasteiger partial charge in [-0.15, -0.1) is 0 Å². The molecule has 314 valence electrons. The summed E-state index contributed by atoms with van der Waals surface area (Å²) in [5, 5.41) is 17.7. The third-order valence-electron chi connectivity index (χ3n) is 15.0. The molecule has 0 fully saturated rings. The quantitative estimate of drug-likeness (QED) is 0.157. The van der Waals surface area contributed by atoms with Crippen molar-refractivity contribution >= 4 is 120 Å². The second-order valence-corrected chi connectivity index (χ2v) is 18.4. The number of nitrogens with zero attached hydrogens (tertiary/aromatic N) is 4. The molecule has 12 aromatic carbocycles. The molecule has 68 heavy (non-hydrogen) atoms. The first-order chi connectivity index (χ1) is 33.8. The van der Waals surface area contributed by atoms with Gasteiger partial charge < -0.3 is 18.3 Å². The van der Waals surface area contributed by atoms with Crippen molar-refractivity contribution in [3.63, 3.8) is 0 Å². The molecule has 4 aromatic heterocycles. The molecule has 0 spiro atoms. The second kappa shape index (κ2) is 13.3. The van der Waals surface area contributed by atoms with Gasteiger partial charge in [0.25, 0.3) is 0 Å². The van der Waals surface area contributed by atoms with Crippen LogP contribution in [0, 0.1) is 0 Å². The molecule has 0 saturated carbocycles. The predicted octanol–water partition coefficient (Wildman–Crippen LogP) is 17.0. The van der Waals surface area contributed by atoms with Crippen LogP contribution in [0.1, 0.15) is 0 Å². The molecule has 0 saturated heterocycles. The Morgan fingerprint density at radius 3 is 0.882 bits per heavy atom. The molecule has 0 unspecified atom stereocenters. The van der Waals surface area contributed by atoms with Gasteiger partial charge in [-0.2, -0.15) is 0 Å². The monoisotopic (exact) mass is 862 g/mol. The van der Waals surface area contributed by atoms with E-state index in [-0.39, 0.29) is 0 Å². The number of fused-ring (bicyclic) bond motifs is 16. The summed E-state index contributed by atoms with van der Waals surface area (Å²) in [6.45, 7) is 0. The Hall–Kier alpha value is -9.12. The van der Waals surface area contributed by atoms with Crippen LogP contribution >= 0.6 is 0 Å². The number of hydrogen-bond acceptors (Lipinski definition) is 0. The molecule has 4 nitrogen and oxygen atoms in total. The standard InChI is InChI=1S/C64H38N4/c1-3-17-39(18-4-1)67-57-37-41(65-53-29-11-7-21-43(53)44-22-8-12-30-54(44)65)33-35-47(57)61-49-25-16-28-52-60(49)59-50(26-15-27-51(59)63(61)67)62-48-36-34-42(38-58(48)68(64(52)62)40-19-5-2-6-20-40)66-55-31-13-9-23-45(55)46-24-10-14-32-56(46)66/h1-38H. The topological polar surface area (TPSA) is 19.7 Å². The summed E-state index contributed by atoms with van der Waals surface area (Å²) in [7, 11) is 0. The number of para-hydroxylation sites is 6. The van der Waals surface area contributed by atoms with Gasteiger partial charge in [0.05, 0.1) is 44.1 Å². The van der Waals surface area contributed by atoms with Crippen molar-refractivity contribution in [2.45, 2.75) is 0 Å². The van der Waals surface area contributed by atoms with Crippen molar-refractivity contribution in [3.8, 4) is 22.7 Å². The summed E-state index contributed by atoms with van der Waals surface area (Å²) in [6.07, 6.45) is 0. The van der Waals surface area contributed by atoms with Crippen LogP contribution in [0.15, 0.2) is 231 Å². The fourth-order valence-corrected chi connectivity index (χ4v) is 12.4. The highest BCUT2D eigenvalue weighted by molar-refractivity contribution is 6.44. The highest BCUT2D eigenvalue weighted by atomic mass is 15.0. The van der Waals surface area contributed by atoms with Gasteiger partial charge in [-0.25, -0.2) is 0 Å². The zero-order chi connectivity index (χ0) is 44.2. The van der Waals surface area contributed by atoms with Crippen LogP contribution in [0.2, 0.25) is 0 Å². The summed E-state index contributed by atoms with van der Waals surface area (Å²) in [5.41, 5.74) is 14.2. The van der Waals surface area contributed by atoms with E-state index in [2.05, 4.69) is 249 Å². The van der Waals surface area contributed by atoms with E-state index in [1.54, 1.807) is 0 Å². The molecule has 0 aliphatic heterocycles. The average Bonchev–Trinajstić information content (AvgIpc) is 4.14. The molecule has 4 heteroatoms. The highest BCUT2D eigenvalue weighted by Gasteiger charge is 2.27. The van der Waals surface area contributed by atoms with Crippen LogP contribution in [-0.4, -0.2) is 18.3 Å². The van der Waals surface area contributed by atoms with Crippen LogP contribution in [0.4, 0.5) is 0 Å². The maximum absolute atomic E-state index is 2.54. The van der Waals surface area contributed by atoms with Crippen molar-refractivity contribution in [2.75, 3.05) is 0 Å². The molecule has 0 aliphatic rings. The van der Waals surface area contributed by atoms with Gasteiger partial charge >= 0.3 is 0 Å².